The van der Waals surface area contributed by atoms with E-state index in [1.165, 1.54) is 0 Å². The zero-order valence-electron chi connectivity index (χ0n) is 24.0. The number of azo groups is 2. The third-order valence-electron chi connectivity index (χ3n) is 6.87. The van der Waals surface area contributed by atoms with Gasteiger partial charge in [0.2, 0.25) is 0 Å². The molecule has 0 saturated heterocycles. The lowest BCUT2D eigenvalue weighted by Gasteiger charge is -2.20. The first kappa shape index (κ1) is 31.8. The van der Waals surface area contributed by atoms with Gasteiger partial charge in [0, 0.05) is 48.7 Å². The highest BCUT2D eigenvalue weighted by Gasteiger charge is 2.15. The van der Waals surface area contributed by atoms with E-state index in [9.17, 15) is 0 Å². The monoisotopic (exact) mass is 640 g/mol. The van der Waals surface area contributed by atoms with Gasteiger partial charge >= 0.3 is 0 Å². The van der Waals surface area contributed by atoms with E-state index in [4.69, 9.17) is 46.4 Å². The maximum atomic E-state index is 6.65. The normalized spacial score (nSPS) is 11.5. The van der Waals surface area contributed by atoms with Crippen LogP contribution < -0.4 is 9.80 Å². The molecule has 0 N–H and O–H groups in total. The highest BCUT2D eigenvalue weighted by atomic mass is 35.5. The van der Waals surface area contributed by atoms with Gasteiger partial charge in [0.15, 0.2) is 0 Å². The molecule has 4 aromatic rings. The first-order valence-electron chi connectivity index (χ1n) is 13.8. The summed E-state index contributed by atoms with van der Waals surface area (Å²) >= 11 is 26.5. The number of rotatable bonds is 11. The van der Waals surface area contributed by atoms with Crippen molar-refractivity contribution in [3.8, 4) is 11.1 Å². The van der Waals surface area contributed by atoms with E-state index in [0.29, 0.717) is 54.0 Å². The Kier molecular flexibility index (Phi) is 11.2. The number of hydrogen-bond acceptors (Lipinski definition) is 6. The first-order valence-corrected chi connectivity index (χ1v) is 15.3. The van der Waals surface area contributed by atoms with Crippen LogP contribution in [0.4, 0.5) is 34.1 Å². The molecule has 0 amide bonds. The number of halogens is 4. The molecule has 4 rings (SSSR count). The second kappa shape index (κ2) is 14.8. The molecule has 0 aromatic heterocycles. The summed E-state index contributed by atoms with van der Waals surface area (Å²) in [5.41, 5.74) is 5.81. The van der Waals surface area contributed by atoms with Crippen molar-refractivity contribution >= 4 is 80.5 Å². The quantitative estimate of drug-likeness (QED) is 0.153. The molecule has 42 heavy (non-hydrogen) atoms. The Morgan fingerprint density at radius 1 is 0.452 bits per heavy atom. The van der Waals surface area contributed by atoms with Gasteiger partial charge in [-0.15, -0.1) is 10.2 Å². The summed E-state index contributed by atoms with van der Waals surface area (Å²) in [4.78, 5) is 4.52. The number of benzene rings is 4. The van der Waals surface area contributed by atoms with Crippen molar-refractivity contribution in [2.24, 2.45) is 20.5 Å². The van der Waals surface area contributed by atoms with Crippen LogP contribution >= 0.6 is 46.4 Å². The Labute approximate surface area is 267 Å². The maximum Gasteiger partial charge on any atom is 0.106 e. The van der Waals surface area contributed by atoms with Crippen LogP contribution in [0.25, 0.3) is 11.1 Å². The SMILES string of the molecule is CCN(CC)c1ccc(N=Nc2cc(Cl)c(-c3cc(Cl)c(N=Nc4ccc(N(CC)CC)cc4)cc3Cl)cc2Cl)cc1. The van der Waals surface area contributed by atoms with E-state index in [0.717, 1.165) is 37.6 Å². The Morgan fingerprint density at radius 2 is 0.786 bits per heavy atom. The molecule has 0 aliphatic heterocycles. The summed E-state index contributed by atoms with van der Waals surface area (Å²) in [5, 5.41) is 18.9. The van der Waals surface area contributed by atoms with Crippen LogP contribution in [-0.2, 0) is 0 Å². The summed E-state index contributed by atoms with van der Waals surface area (Å²) in [7, 11) is 0. The highest BCUT2D eigenvalue weighted by molar-refractivity contribution is 6.40. The molecule has 0 aliphatic carbocycles. The lowest BCUT2D eigenvalue weighted by molar-refractivity contribution is 0.866. The fourth-order valence-corrected chi connectivity index (χ4v) is 5.42. The standard InChI is InChI=1S/C32H32Cl4N6/c1-5-41(6-2)23-13-9-21(10-14-23)37-39-31-19-27(33)25(17-29(31)35)26-18-30(36)32(20-28(26)34)40-38-22-11-15-24(16-12-22)42(7-3)8-4/h9-20H,5-8H2,1-4H3. The summed E-state index contributed by atoms with van der Waals surface area (Å²) in [6, 6.07) is 22.5. The van der Waals surface area contributed by atoms with E-state index in [1.807, 2.05) is 48.5 Å². The van der Waals surface area contributed by atoms with Gasteiger partial charge in [-0.2, -0.15) is 10.2 Å². The fourth-order valence-electron chi connectivity index (χ4n) is 4.50. The van der Waals surface area contributed by atoms with Gasteiger partial charge in [-0.3, -0.25) is 0 Å². The van der Waals surface area contributed by atoms with Gasteiger partial charge in [-0.1, -0.05) is 46.4 Å². The third-order valence-corrected chi connectivity index (χ3v) is 8.10. The maximum absolute atomic E-state index is 6.65. The van der Waals surface area contributed by atoms with E-state index >= 15 is 0 Å². The average Bonchev–Trinajstić information content (AvgIpc) is 3.00. The fraction of sp³-hybridized carbons (Fsp3) is 0.250. The number of hydrogen-bond donors (Lipinski definition) is 0. The molecule has 0 fully saturated rings. The van der Waals surface area contributed by atoms with Crippen molar-refractivity contribution < 1.29 is 0 Å². The Balaban J connectivity index is 1.53. The van der Waals surface area contributed by atoms with E-state index < -0.39 is 0 Å². The molecule has 4 aromatic carbocycles. The molecular formula is C32H32Cl4N6. The van der Waals surface area contributed by atoms with Crippen molar-refractivity contribution in [3.05, 3.63) is 92.9 Å². The molecular weight excluding hydrogens is 610 g/mol. The molecule has 218 valence electrons. The molecule has 0 unspecified atom stereocenters. The average molecular weight is 642 g/mol. The lowest BCUT2D eigenvalue weighted by Crippen LogP contribution is -2.21. The summed E-state index contributed by atoms with van der Waals surface area (Å²) < 4.78 is 0. The smallest absolute Gasteiger partial charge is 0.106 e. The molecule has 10 heteroatoms. The van der Waals surface area contributed by atoms with Crippen molar-refractivity contribution in [2.75, 3.05) is 36.0 Å². The summed E-state index contributed by atoms with van der Waals surface area (Å²) in [6.07, 6.45) is 0. The molecule has 0 radical (unpaired) electrons. The molecule has 0 aliphatic rings. The predicted molar refractivity (Wildman–Crippen MR) is 180 cm³/mol. The Hall–Kier alpha value is -3.16. The number of anilines is 2. The number of nitrogens with zero attached hydrogens (tertiary/aromatic N) is 6. The summed E-state index contributed by atoms with van der Waals surface area (Å²) in [5.74, 6) is 0. The van der Waals surface area contributed by atoms with Gasteiger partial charge in [-0.05, 0) is 100 Å². The zero-order valence-corrected chi connectivity index (χ0v) is 27.0. The minimum Gasteiger partial charge on any atom is -0.372 e. The lowest BCUT2D eigenvalue weighted by atomic mass is 10.0. The van der Waals surface area contributed by atoms with E-state index in [2.05, 4.69) is 58.0 Å². The molecule has 6 nitrogen and oxygen atoms in total. The third kappa shape index (κ3) is 7.61. The highest BCUT2D eigenvalue weighted by Crippen LogP contribution is 2.43. The van der Waals surface area contributed by atoms with Crippen LogP contribution in [0.15, 0.2) is 93.3 Å². The second-order valence-corrected chi connectivity index (χ2v) is 11.0. The van der Waals surface area contributed by atoms with Gasteiger partial charge in [0.25, 0.3) is 0 Å². The first-order chi connectivity index (χ1) is 20.3. The Bertz CT molecular complexity index is 1440. The van der Waals surface area contributed by atoms with Crippen LogP contribution in [0, 0.1) is 0 Å². The van der Waals surface area contributed by atoms with Crippen molar-refractivity contribution in [3.63, 3.8) is 0 Å². The second-order valence-electron chi connectivity index (χ2n) is 9.34. The van der Waals surface area contributed by atoms with Crippen LogP contribution in [0.5, 0.6) is 0 Å². The van der Waals surface area contributed by atoms with Crippen LogP contribution in [0.1, 0.15) is 27.7 Å². The molecule has 0 saturated carbocycles. The van der Waals surface area contributed by atoms with Crippen molar-refractivity contribution in [1.29, 1.82) is 0 Å². The van der Waals surface area contributed by atoms with Crippen LogP contribution in [-0.4, -0.2) is 26.2 Å². The van der Waals surface area contributed by atoms with Gasteiger partial charge in [0.1, 0.15) is 11.4 Å². The van der Waals surface area contributed by atoms with Crippen molar-refractivity contribution in [2.45, 2.75) is 27.7 Å². The molecule has 0 atom stereocenters. The summed E-state index contributed by atoms with van der Waals surface area (Å²) in [6.45, 7) is 12.3. The topological polar surface area (TPSA) is 55.9 Å². The van der Waals surface area contributed by atoms with Gasteiger partial charge in [0.05, 0.1) is 31.5 Å². The molecule has 0 bridgehead atoms. The largest absolute Gasteiger partial charge is 0.372 e. The zero-order chi connectivity index (χ0) is 30.2. The predicted octanol–water partition coefficient (Wildman–Crippen LogP) is 12.5. The Morgan fingerprint density at radius 3 is 1.10 bits per heavy atom. The minimum absolute atomic E-state index is 0.377. The minimum atomic E-state index is 0.377. The molecule has 0 heterocycles. The van der Waals surface area contributed by atoms with Gasteiger partial charge in [-0.25, -0.2) is 0 Å². The molecule has 0 spiro atoms. The van der Waals surface area contributed by atoms with E-state index in [1.54, 1.807) is 24.3 Å². The van der Waals surface area contributed by atoms with Gasteiger partial charge < -0.3 is 9.80 Å². The van der Waals surface area contributed by atoms with Crippen molar-refractivity contribution in [1.82, 2.24) is 0 Å². The van der Waals surface area contributed by atoms with Crippen LogP contribution in [0.2, 0.25) is 20.1 Å². The van der Waals surface area contributed by atoms with Crippen LogP contribution in [0.3, 0.4) is 0 Å². The van der Waals surface area contributed by atoms with E-state index in [-0.39, 0.29) is 0 Å².